The lowest BCUT2D eigenvalue weighted by atomic mass is 9.97. The van der Waals surface area contributed by atoms with Crippen LogP contribution < -0.4 is 5.73 Å². The number of piperidine rings is 1. The summed E-state index contributed by atoms with van der Waals surface area (Å²) >= 11 is 0. The number of nitrogens with two attached hydrogens (primary N) is 1. The van der Waals surface area contributed by atoms with E-state index >= 15 is 0 Å². The van der Waals surface area contributed by atoms with Crippen molar-refractivity contribution in [2.24, 2.45) is 5.73 Å². The van der Waals surface area contributed by atoms with Crippen molar-refractivity contribution in [1.82, 2.24) is 14.5 Å². The molecular formula is C13H22N4O. The number of amides is 1. The molecule has 5 heteroatoms. The highest BCUT2D eigenvalue weighted by atomic mass is 16.2. The van der Waals surface area contributed by atoms with Gasteiger partial charge in [0.05, 0.1) is 6.33 Å². The topological polar surface area (TPSA) is 64.2 Å². The molecule has 18 heavy (non-hydrogen) atoms. The quantitative estimate of drug-likeness (QED) is 0.878. The molecule has 2 atom stereocenters. The maximum absolute atomic E-state index is 12.5. The maximum Gasteiger partial charge on any atom is 0.274 e. The van der Waals surface area contributed by atoms with E-state index in [4.69, 9.17) is 5.73 Å². The number of hydrogen-bond donors (Lipinski definition) is 1. The third-order valence-corrected chi connectivity index (χ3v) is 3.67. The van der Waals surface area contributed by atoms with Gasteiger partial charge in [-0.05, 0) is 33.1 Å². The Kier molecular flexibility index (Phi) is 4.01. The summed E-state index contributed by atoms with van der Waals surface area (Å²) in [5.41, 5.74) is 6.02. The van der Waals surface area contributed by atoms with Gasteiger partial charge in [0.25, 0.3) is 5.91 Å². The highest BCUT2D eigenvalue weighted by Crippen LogP contribution is 2.24. The van der Waals surface area contributed by atoms with E-state index in [1.807, 2.05) is 9.47 Å². The lowest BCUT2D eigenvalue weighted by Gasteiger charge is -2.38. The van der Waals surface area contributed by atoms with Crippen LogP contribution in [-0.4, -0.2) is 39.0 Å². The van der Waals surface area contributed by atoms with Crippen molar-refractivity contribution in [1.29, 1.82) is 0 Å². The molecule has 2 heterocycles. The smallest absolute Gasteiger partial charge is 0.274 e. The van der Waals surface area contributed by atoms with Crippen LogP contribution in [0.5, 0.6) is 0 Å². The van der Waals surface area contributed by atoms with E-state index < -0.39 is 0 Å². The van der Waals surface area contributed by atoms with Crippen molar-refractivity contribution in [3.63, 3.8) is 0 Å². The number of carbonyl (C=O) groups excluding carboxylic acids is 1. The molecule has 1 amide bonds. The second-order valence-corrected chi connectivity index (χ2v) is 5.13. The van der Waals surface area contributed by atoms with E-state index in [1.165, 1.54) is 6.42 Å². The molecule has 0 saturated carbocycles. The Morgan fingerprint density at radius 1 is 1.44 bits per heavy atom. The fraction of sp³-hybridized carbons (Fsp3) is 0.692. The van der Waals surface area contributed by atoms with E-state index in [2.05, 4.69) is 18.8 Å². The van der Waals surface area contributed by atoms with Gasteiger partial charge in [-0.2, -0.15) is 0 Å². The first-order chi connectivity index (χ1) is 8.63. The van der Waals surface area contributed by atoms with Crippen molar-refractivity contribution in [2.75, 3.05) is 6.54 Å². The third kappa shape index (κ3) is 2.56. The first-order valence-electron chi connectivity index (χ1n) is 6.68. The molecule has 0 spiro atoms. The molecule has 2 unspecified atom stereocenters. The molecule has 100 valence electrons. The lowest BCUT2D eigenvalue weighted by molar-refractivity contribution is 0.0505. The van der Waals surface area contributed by atoms with Gasteiger partial charge in [-0.15, -0.1) is 0 Å². The van der Waals surface area contributed by atoms with Crippen molar-refractivity contribution in [3.05, 3.63) is 18.2 Å². The zero-order valence-electron chi connectivity index (χ0n) is 11.2. The van der Waals surface area contributed by atoms with Gasteiger partial charge >= 0.3 is 0 Å². The van der Waals surface area contributed by atoms with Gasteiger partial charge < -0.3 is 15.2 Å². The molecule has 1 fully saturated rings. The number of nitrogens with zero attached hydrogens (tertiary/aromatic N) is 3. The summed E-state index contributed by atoms with van der Waals surface area (Å²) in [4.78, 5) is 18.6. The van der Waals surface area contributed by atoms with E-state index in [0.717, 1.165) is 12.8 Å². The van der Waals surface area contributed by atoms with Crippen molar-refractivity contribution in [2.45, 2.75) is 51.7 Å². The van der Waals surface area contributed by atoms with Crippen LogP contribution in [0.4, 0.5) is 0 Å². The first kappa shape index (κ1) is 13.1. The monoisotopic (exact) mass is 250 g/mol. The zero-order chi connectivity index (χ0) is 13.1. The minimum Gasteiger partial charge on any atom is -0.335 e. The molecule has 5 nitrogen and oxygen atoms in total. The Labute approximate surface area is 108 Å². The summed E-state index contributed by atoms with van der Waals surface area (Å²) in [7, 11) is 0. The van der Waals surface area contributed by atoms with Gasteiger partial charge in [-0.25, -0.2) is 4.98 Å². The van der Waals surface area contributed by atoms with Crippen LogP contribution in [0.3, 0.4) is 0 Å². The summed E-state index contributed by atoms with van der Waals surface area (Å²) in [6.07, 6.45) is 6.84. The average Bonchev–Trinajstić information content (AvgIpc) is 2.78. The second-order valence-electron chi connectivity index (χ2n) is 5.13. The number of imidazole rings is 1. The Bertz CT molecular complexity index is 405. The number of carbonyl (C=O) groups is 1. The van der Waals surface area contributed by atoms with Crippen LogP contribution in [0.25, 0.3) is 0 Å². The lowest BCUT2D eigenvalue weighted by Crippen LogP contribution is -2.47. The summed E-state index contributed by atoms with van der Waals surface area (Å²) < 4.78 is 1.87. The van der Waals surface area contributed by atoms with Gasteiger partial charge in [0.1, 0.15) is 5.69 Å². The molecule has 2 N–H and O–H groups in total. The van der Waals surface area contributed by atoms with Crippen LogP contribution in [0.2, 0.25) is 0 Å². The van der Waals surface area contributed by atoms with E-state index in [9.17, 15) is 4.79 Å². The number of hydrogen-bond acceptors (Lipinski definition) is 3. The van der Waals surface area contributed by atoms with Crippen LogP contribution in [0.1, 0.15) is 43.6 Å². The van der Waals surface area contributed by atoms with Crippen molar-refractivity contribution < 1.29 is 4.79 Å². The van der Waals surface area contributed by atoms with E-state index in [0.29, 0.717) is 30.9 Å². The van der Waals surface area contributed by atoms with Crippen molar-refractivity contribution >= 4 is 5.91 Å². The first-order valence-corrected chi connectivity index (χ1v) is 6.68. The van der Waals surface area contributed by atoms with Gasteiger partial charge in [-0.1, -0.05) is 0 Å². The molecule has 1 aliphatic heterocycles. The molecule has 1 aliphatic rings. The Balaban J connectivity index is 2.13. The normalized spacial score (nSPS) is 24.3. The minimum atomic E-state index is 0.0467. The molecular weight excluding hydrogens is 228 g/mol. The number of aromatic nitrogens is 2. The van der Waals surface area contributed by atoms with Crippen molar-refractivity contribution in [3.8, 4) is 0 Å². The maximum atomic E-state index is 12.5. The standard InChI is InChI=1S/C13H22N4O/c1-10-4-3-5-11(2)17(10)13(18)12-8-16(7-6-14)9-15-12/h8-11H,3-7,14H2,1-2H3. The summed E-state index contributed by atoms with van der Waals surface area (Å²) in [5.74, 6) is 0.0467. The van der Waals surface area contributed by atoms with Gasteiger partial charge in [0, 0.05) is 31.4 Å². The molecule has 1 aromatic heterocycles. The molecule has 0 radical (unpaired) electrons. The molecule has 0 bridgehead atoms. The Morgan fingerprint density at radius 3 is 2.72 bits per heavy atom. The SMILES string of the molecule is CC1CCCC(C)N1C(=O)c1cn(CCN)cn1. The Hall–Kier alpha value is -1.36. The van der Waals surface area contributed by atoms with Crippen LogP contribution in [-0.2, 0) is 6.54 Å². The average molecular weight is 250 g/mol. The molecule has 0 aromatic carbocycles. The van der Waals surface area contributed by atoms with Crippen LogP contribution in [0.15, 0.2) is 12.5 Å². The highest BCUT2D eigenvalue weighted by molar-refractivity contribution is 5.92. The van der Waals surface area contributed by atoms with Gasteiger partial charge in [-0.3, -0.25) is 4.79 Å². The van der Waals surface area contributed by atoms with Crippen LogP contribution in [0, 0.1) is 0 Å². The van der Waals surface area contributed by atoms with Crippen LogP contribution >= 0.6 is 0 Å². The third-order valence-electron chi connectivity index (χ3n) is 3.67. The summed E-state index contributed by atoms with van der Waals surface area (Å²) in [6, 6.07) is 0.613. The highest BCUT2D eigenvalue weighted by Gasteiger charge is 2.30. The van der Waals surface area contributed by atoms with Gasteiger partial charge in [0.15, 0.2) is 0 Å². The zero-order valence-corrected chi connectivity index (χ0v) is 11.2. The van der Waals surface area contributed by atoms with E-state index in [-0.39, 0.29) is 5.91 Å². The number of rotatable bonds is 3. The Morgan fingerprint density at radius 2 is 2.11 bits per heavy atom. The fourth-order valence-electron chi connectivity index (χ4n) is 2.70. The molecule has 0 aliphatic carbocycles. The largest absolute Gasteiger partial charge is 0.335 e. The molecule has 1 aromatic rings. The predicted molar refractivity (Wildman–Crippen MR) is 70.2 cm³/mol. The fourth-order valence-corrected chi connectivity index (χ4v) is 2.70. The van der Waals surface area contributed by atoms with E-state index in [1.54, 1.807) is 12.5 Å². The summed E-state index contributed by atoms with van der Waals surface area (Å²) in [5, 5.41) is 0. The minimum absolute atomic E-state index is 0.0467. The van der Waals surface area contributed by atoms with Gasteiger partial charge in [0.2, 0.25) is 0 Å². The molecule has 1 saturated heterocycles. The summed E-state index contributed by atoms with van der Waals surface area (Å²) in [6.45, 7) is 5.49. The second kappa shape index (κ2) is 5.52. The molecule has 2 rings (SSSR count). The predicted octanol–water partition coefficient (Wildman–Crippen LogP) is 1.24. The number of likely N-dealkylation sites (tertiary alicyclic amines) is 1.